The second-order valence-electron chi connectivity index (χ2n) is 7.27. The summed E-state index contributed by atoms with van der Waals surface area (Å²) in [4.78, 5) is 14.5. The summed E-state index contributed by atoms with van der Waals surface area (Å²) in [5.41, 5.74) is 1.11. The average molecular weight is 349 g/mol. The first kappa shape index (κ1) is 18.1. The molecule has 6 heteroatoms. The zero-order valence-corrected chi connectivity index (χ0v) is 14.6. The highest BCUT2D eigenvalue weighted by Gasteiger charge is 2.29. The van der Waals surface area contributed by atoms with Crippen molar-refractivity contribution in [2.45, 2.75) is 50.7 Å². The standard InChI is InChI=1S/C19H28FN3O2/c20-16-6-4-14(5-7-16)12-23-10-8-17(9-11-23)21-19(25)22-18-3-1-2-15(18)13-24/h4-7,15,17-18,24H,1-3,8-13H2,(H2,21,22,25). The summed E-state index contributed by atoms with van der Waals surface area (Å²) in [6.45, 7) is 2.81. The predicted octanol–water partition coefficient (Wildman–Crippen LogP) is 2.25. The van der Waals surface area contributed by atoms with Gasteiger partial charge in [-0.25, -0.2) is 9.18 Å². The highest BCUT2D eigenvalue weighted by atomic mass is 19.1. The van der Waals surface area contributed by atoms with Gasteiger partial charge in [0, 0.05) is 44.2 Å². The number of piperidine rings is 1. The van der Waals surface area contributed by atoms with Crippen LogP contribution in [0.5, 0.6) is 0 Å². The maximum absolute atomic E-state index is 13.0. The number of nitrogens with zero attached hydrogens (tertiary/aromatic N) is 1. The van der Waals surface area contributed by atoms with E-state index in [1.165, 1.54) is 12.1 Å². The van der Waals surface area contributed by atoms with Crippen LogP contribution in [-0.2, 0) is 6.54 Å². The predicted molar refractivity (Wildman–Crippen MR) is 94.6 cm³/mol. The lowest BCUT2D eigenvalue weighted by Gasteiger charge is -2.32. The van der Waals surface area contributed by atoms with Crippen molar-refractivity contribution in [3.05, 3.63) is 35.6 Å². The fraction of sp³-hybridized carbons (Fsp3) is 0.632. The maximum Gasteiger partial charge on any atom is 0.315 e. The molecule has 25 heavy (non-hydrogen) atoms. The number of aliphatic hydroxyl groups is 1. The van der Waals surface area contributed by atoms with Crippen LogP contribution in [-0.4, -0.2) is 47.8 Å². The molecule has 0 bridgehead atoms. The number of aliphatic hydroxyl groups excluding tert-OH is 1. The molecular weight excluding hydrogens is 321 g/mol. The molecule has 1 aliphatic carbocycles. The van der Waals surface area contributed by atoms with Gasteiger partial charge < -0.3 is 15.7 Å². The number of nitrogens with one attached hydrogen (secondary N) is 2. The third kappa shape index (κ3) is 5.16. The van der Waals surface area contributed by atoms with Crippen LogP contribution in [0.15, 0.2) is 24.3 Å². The largest absolute Gasteiger partial charge is 0.396 e. The molecule has 0 aromatic heterocycles. The van der Waals surface area contributed by atoms with E-state index in [1.54, 1.807) is 0 Å². The summed E-state index contributed by atoms with van der Waals surface area (Å²) in [5, 5.41) is 15.4. The van der Waals surface area contributed by atoms with Gasteiger partial charge >= 0.3 is 6.03 Å². The van der Waals surface area contributed by atoms with Gasteiger partial charge in [-0.05, 0) is 43.4 Å². The van der Waals surface area contributed by atoms with Crippen molar-refractivity contribution < 1.29 is 14.3 Å². The van der Waals surface area contributed by atoms with Crippen molar-refractivity contribution >= 4 is 6.03 Å². The Morgan fingerprint density at radius 2 is 1.84 bits per heavy atom. The quantitative estimate of drug-likeness (QED) is 0.764. The first-order valence-electron chi connectivity index (χ1n) is 9.28. The summed E-state index contributed by atoms with van der Waals surface area (Å²) in [7, 11) is 0. The number of amides is 2. The van der Waals surface area contributed by atoms with E-state index in [9.17, 15) is 14.3 Å². The van der Waals surface area contributed by atoms with Crippen LogP contribution < -0.4 is 10.6 Å². The molecule has 1 aromatic carbocycles. The summed E-state index contributed by atoms with van der Waals surface area (Å²) in [6, 6.07) is 6.83. The second-order valence-corrected chi connectivity index (χ2v) is 7.27. The van der Waals surface area contributed by atoms with Crippen molar-refractivity contribution in [1.29, 1.82) is 0 Å². The van der Waals surface area contributed by atoms with Crippen molar-refractivity contribution in [2.75, 3.05) is 19.7 Å². The number of urea groups is 1. The molecule has 1 aromatic rings. The van der Waals surface area contributed by atoms with Crippen LogP contribution in [0.4, 0.5) is 9.18 Å². The number of rotatable bonds is 5. The topological polar surface area (TPSA) is 64.6 Å². The molecule has 0 spiro atoms. The Balaban J connectivity index is 1.38. The lowest BCUT2D eigenvalue weighted by Crippen LogP contribution is -2.50. The minimum absolute atomic E-state index is 0.101. The first-order valence-corrected chi connectivity index (χ1v) is 9.28. The van der Waals surface area contributed by atoms with E-state index in [-0.39, 0.29) is 36.5 Å². The number of hydrogen-bond donors (Lipinski definition) is 3. The highest BCUT2D eigenvalue weighted by Crippen LogP contribution is 2.25. The van der Waals surface area contributed by atoms with Gasteiger partial charge in [0.15, 0.2) is 0 Å². The van der Waals surface area contributed by atoms with Crippen molar-refractivity contribution in [1.82, 2.24) is 15.5 Å². The molecule has 2 fully saturated rings. The summed E-state index contributed by atoms with van der Waals surface area (Å²) >= 11 is 0. The second kappa shape index (κ2) is 8.63. The Kier molecular flexibility index (Phi) is 6.26. The van der Waals surface area contributed by atoms with Gasteiger partial charge in [0.2, 0.25) is 0 Å². The van der Waals surface area contributed by atoms with E-state index in [0.717, 1.165) is 57.3 Å². The Bertz CT molecular complexity index is 558. The van der Waals surface area contributed by atoms with Crippen molar-refractivity contribution in [2.24, 2.45) is 5.92 Å². The van der Waals surface area contributed by atoms with E-state index in [0.29, 0.717) is 0 Å². The molecule has 5 nitrogen and oxygen atoms in total. The zero-order valence-electron chi connectivity index (χ0n) is 14.6. The van der Waals surface area contributed by atoms with Crippen molar-refractivity contribution in [3.8, 4) is 0 Å². The SMILES string of the molecule is O=C(NC1CCN(Cc2ccc(F)cc2)CC1)NC1CCCC1CO. The Morgan fingerprint density at radius 3 is 2.52 bits per heavy atom. The van der Waals surface area contributed by atoms with Gasteiger partial charge in [-0.15, -0.1) is 0 Å². The molecule has 2 aliphatic rings. The Morgan fingerprint density at radius 1 is 1.12 bits per heavy atom. The highest BCUT2D eigenvalue weighted by molar-refractivity contribution is 5.74. The molecule has 0 radical (unpaired) electrons. The molecule has 1 saturated carbocycles. The molecule has 1 aliphatic heterocycles. The normalized spacial score (nSPS) is 25.0. The summed E-state index contributed by atoms with van der Waals surface area (Å²) in [5.74, 6) is -0.00771. The van der Waals surface area contributed by atoms with Crippen LogP contribution in [0.2, 0.25) is 0 Å². The van der Waals surface area contributed by atoms with Gasteiger partial charge in [0.25, 0.3) is 0 Å². The summed E-state index contributed by atoms with van der Waals surface area (Å²) < 4.78 is 13.0. The van der Waals surface area contributed by atoms with E-state index in [1.807, 2.05) is 12.1 Å². The zero-order chi connectivity index (χ0) is 17.6. The molecular formula is C19H28FN3O2. The molecule has 1 saturated heterocycles. The van der Waals surface area contributed by atoms with E-state index < -0.39 is 0 Å². The van der Waals surface area contributed by atoms with Crippen LogP contribution >= 0.6 is 0 Å². The van der Waals surface area contributed by atoms with E-state index >= 15 is 0 Å². The van der Waals surface area contributed by atoms with E-state index in [2.05, 4.69) is 15.5 Å². The molecule has 2 unspecified atom stereocenters. The average Bonchev–Trinajstić information content (AvgIpc) is 3.05. The monoisotopic (exact) mass is 349 g/mol. The Labute approximate surface area is 148 Å². The number of carbonyl (C=O) groups excluding carboxylic acids is 1. The fourth-order valence-corrected chi connectivity index (χ4v) is 3.92. The Hall–Kier alpha value is -1.66. The van der Waals surface area contributed by atoms with Gasteiger partial charge in [-0.3, -0.25) is 4.90 Å². The first-order chi connectivity index (χ1) is 12.1. The number of halogens is 1. The smallest absolute Gasteiger partial charge is 0.315 e. The minimum Gasteiger partial charge on any atom is -0.396 e. The van der Waals surface area contributed by atoms with Crippen LogP contribution in [0.25, 0.3) is 0 Å². The fourth-order valence-electron chi connectivity index (χ4n) is 3.92. The third-order valence-corrected chi connectivity index (χ3v) is 5.45. The van der Waals surface area contributed by atoms with Gasteiger partial charge in [-0.2, -0.15) is 0 Å². The number of carbonyl (C=O) groups is 1. The third-order valence-electron chi connectivity index (χ3n) is 5.45. The number of benzene rings is 1. The lowest BCUT2D eigenvalue weighted by atomic mass is 10.0. The molecule has 2 atom stereocenters. The van der Waals surface area contributed by atoms with Crippen LogP contribution in [0.1, 0.15) is 37.7 Å². The lowest BCUT2D eigenvalue weighted by molar-refractivity contribution is 0.179. The van der Waals surface area contributed by atoms with Gasteiger partial charge in [-0.1, -0.05) is 18.6 Å². The number of hydrogen-bond acceptors (Lipinski definition) is 3. The number of likely N-dealkylation sites (tertiary alicyclic amines) is 1. The maximum atomic E-state index is 13.0. The van der Waals surface area contributed by atoms with Crippen LogP contribution in [0, 0.1) is 11.7 Å². The van der Waals surface area contributed by atoms with E-state index in [4.69, 9.17) is 0 Å². The van der Waals surface area contributed by atoms with Crippen molar-refractivity contribution in [3.63, 3.8) is 0 Å². The molecule has 3 rings (SSSR count). The van der Waals surface area contributed by atoms with Crippen LogP contribution in [0.3, 0.4) is 0 Å². The molecule has 2 amide bonds. The van der Waals surface area contributed by atoms with Gasteiger partial charge in [0.05, 0.1) is 0 Å². The van der Waals surface area contributed by atoms with Gasteiger partial charge in [0.1, 0.15) is 5.82 Å². The molecule has 138 valence electrons. The summed E-state index contributed by atoms with van der Waals surface area (Å²) in [6.07, 6.45) is 4.85. The molecule has 1 heterocycles. The molecule has 3 N–H and O–H groups in total. The minimum atomic E-state index is -0.205.